The van der Waals surface area contributed by atoms with Crippen LogP contribution in [0.1, 0.15) is 11.7 Å². The smallest absolute Gasteiger partial charge is 0.339 e. The highest BCUT2D eigenvalue weighted by Crippen LogP contribution is 2.31. The van der Waals surface area contributed by atoms with E-state index in [0.29, 0.717) is 0 Å². The molecule has 8 nitrogen and oxygen atoms in total. The molecule has 0 spiro atoms. The molecule has 1 fully saturated rings. The molecule has 10 heteroatoms. The van der Waals surface area contributed by atoms with E-state index in [1.807, 2.05) is 0 Å². The van der Waals surface area contributed by atoms with Crippen LogP contribution in [0.25, 0.3) is 0 Å². The van der Waals surface area contributed by atoms with Gasteiger partial charge in [-0.25, -0.2) is 4.79 Å². The van der Waals surface area contributed by atoms with Crippen LogP contribution in [0, 0.1) is 0 Å². The zero-order chi connectivity index (χ0) is 15.7. The highest BCUT2D eigenvalue weighted by molar-refractivity contribution is 8.03. The van der Waals surface area contributed by atoms with E-state index in [0.717, 1.165) is 7.11 Å². The van der Waals surface area contributed by atoms with E-state index in [1.54, 1.807) is 18.2 Å². The Morgan fingerprint density at radius 3 is 2.24 bits per heavy atom. The summed E-state index contributed by atoms with van der Waals surface area (Å²) in [5.74, 6) is -1.05. The fourth-order valence-electron chi connectivity index (χ4n) is 1.80. The van der Waals surface area contributed by atoms with E-state index < -0.39 is 43.5 Å². The van der Waals surface area contributed by atoms with E-state index in [4.69, 9.17) is 4.18 Å². The summed E-state index contributed by atoms with van der Waals surface area (Å²) >= 11 is 0. The van der Waals surface area contributed by atoms with Crippen molar-refractivity contribution in [2.45, 2.75) is 12.2 Å². The van der Waals surface area contributed by atoms with Crippen molar-refractivity contribution in [1.29, 1.82) is 0 Å². The number of ether oxygens (including phenoxy) is 1. The van der Waals surface area contributed by atoms with Gasteiger partial charge in [0.1, 0.15) is 6.10 Å². The molecule has 0 bridgehead atoms. The van der Waals surface area contributed by atoms with Gasteiger partial charge in [-0.2, -0.15) is 16.8 Å². The first-order chi connectivity index (χ1) is 9.74. The molecule has 1 aromatic rings. The second-order valence-electron chi connectivity index (χ2n) is 4.20. The van der Waals surface area contributed by atoms with Crippen LogP contribution in [-0.4, -0.2) is 41.1 Å². The van der Waals surface area contributed by atoms with E-state index in [-0.39, 0.29) is 5.56 Å². The summed E-state index contributed by atoms with van der Waals surface area (Å²) in [5, 5.41) is -1.36. The standard InChI is InChI=1S/C11H12O8S2/c1-17-11(12)10-9(8-5-3-2-4-6-8)18-20(13,14)7-21(15,16)19-10/h2-6,9-10H,7H2,1H3. The summed E-state index contributed by atoms with van der Waals surface area (Å²) in [6, 6.07) is 7.80. The molecule has 0 amide bonds. The van der Waals surface area contributed by atoms with Crippen LogP contribution >= 0.6 is 0 Å². The van der Waals surface area contributed by atoms with Gasteiger partial charge in [0.25, 0.3) is 20.2 Å². The van der Waals surface area contributed by atoms with Gasteiger partial charge in [-0.3, -0.25) is 8.37 Å². The number of hydrogen-bond acceptors (Lipinski definition) is 8. The topological polar surface area (TPSA) is 113 Å². The summed E-state index contributed by atoms with van der Waals surface area (Å²) in [6.45, 7) is 0. The molecule has 1 heterocycles. The number of carbonyl (C=O) groups is 1. The average molecular weight is 336 g/mol. The minimum absolute atomic E-state index is 0.272. The van der Waals surface area contributed by atoms with Crippen molar-refractivity contribution < 1.29 is 34.7 Å². The molecule has 0 N–H and O–H groups in total. The fourth-order valence-corrected chi connectivity index (χ4v) is 4.68. The van der Waals surface area contributed by atoms with Gasteiger partial charge in [0.2, 0.25) is 11.2 Å². The number of benzene rings is 1. The maximum absolute atomic E-state index is 11.7. The number of rotatable bonds is 2. The van der Waals surface area contributed by atoms with Crippen LogP contribution in [0.5, 0.6) is 0 Å². The Kier molecular flexibility index (Phi) is 4.33. The second kappa shape index (κ2) is 5.72. The Morgan fingerprint density at radius 1 is 1.10 bits per heavy atom. The van der Waals surface area contributed by atoms with E-state index in [9.17, 15) is 21.6 Å². The molecule has 1 aliphatic rings. The van der Waals surface area contributed by atoms with Crippen molar-refractivity contribution in [1.82, 2.24) is 0 Å². The maximum Gasteiger partial charge on any atom is 0.339 e. The van der Waals surface area contributed by atoms with Crippen molar-refractivity contribution in [3.63, 3.8) is 0 Å². The lowest BCUT2D eigenvalue weighted by atomic mass is 10.0. The van der Waals surface area contributed by atoms with Gasteiger partial charge in [0, 0.05) is 0 Å². The minimum Gasteiger partial charge on any atom is -0.467 e. The van der Waals surface area contributed by atoms with Gasteiger partial charge in [-0.15, -0.1) is 0 Å². The van der Waals surface area contributed by atoms with Crippen molar-refractivity contribution in [2.75, 3.05) is 12.2 Å². The lowest BCUT2D eigenvalue weighted by molar-refractivity contribution is -0.153. The number of methoxy groups -OCH3 is 1. The predicted octanol–water partition coefficient (Wildman–Crippen LogP) is -0.0668. The van der Waals surface area contributed by atoms with Crippen molar-refractivity contribution in [3.8, 4) is 0 Å². The van der Waals surface area contributed by atoms with Crippen molar-refractivity contribution in [3.05, 3.63) is 35.9 Å². The van der Waals surface area contributed by atoms with Crippen LogP contribution in [0.15, 0.2) is 30.3 Å². The molecule has 0 aromatic heterocycles. The van der Waals surface area contributed by atoms with Crippen LogP contribution in [-0.2, 0) is 38.1 Å². The van der Waals surface area contributed by atoms with Crippen molar-refractivity contribution in [2.24, 2.45) is 0 Å². The van der Waals surface area contributed by atoms with E-state index in [2.05, 4.69) is 8.92 Å². The fraction of sp³-hybridized carbons (Fsp3) is 0.364. The summed E-state index contributed by atoms with van der Waals surface area (Å²) in [7, 11) is -7.88. The monoisotopic (exact) mass is 336 g/mol. The highest BCUT2D eigenvalue weighted by atomic mass is 32.3. The molecule has 0 saturated carbocycles. The first-order valence-corrected chi connectivity index (χ1v) is 8.84. The normalized spacial score (nSPS) is 27.5. The van der Waals surface area contributed by atoms with E-state index >= 15 is 0 Å². The predicted molar refractivity (Wildman–Crippen MR) is 69.9 cm³/mol. The first-order valence-electron chi connectivity index (χ1n) is 5.69. The maximum atomic E-state index is 11.7. The number of esters is 1. The summed E-state index contributed by atoms with van der Waals surface area (Å²) in [5.41, 5.74) is 0.272. The van der Waals surface area contributed by atoms with Crippen LogP contribution in [0.2, 0.25) is 0 Å². The Hall–Kier alpha value is -1.49. The van der Waals surface area contributed by atoms with Gasteiger partial charge in [-0.1, -0.05) is 30.3 Å². The lowest BCUT2D eigenvalue weighted by Gasteiger charge is -2.20. The molecular formula is C11H12O8S2. The van der Waals surface area contributed by atoms with Gasteiger partial charge < -0.3 is 4.74 Å². The molecule has 1 aromatic carbocycles. The number of hydrogen-bond donors (Lipinski definition) is 0. The van der Waals surface area contributed by atoms with Crippen LogP contribution in [0.4, 0.5) is 0 Å². The molecular weight excluding hydrogens is 324 g/mol. The van der Waals surface area contributed by atoms with Crippen LogP contribution in [0.3, 0.4) is 0 Å². The minimum atomic E-state index is -4.49. The Balaban J connectivity index is 2.54. The van der Waals surface area contributed by atoms with Crippen molar-refractivity contribution >= 4 is 26.2 Å². The third kappa shape index (κ3) is 3.79. The molecule has 116 valence electrons. The average Bonchev–Trinajstić information content (AvgIpc) is 2.51. The molecule has 1 saturated heterocycles. The zero-order valence-electron chi connectivity index (χ0n) is 10.8. The Bertz CT molecular complexity index is 723. The third-order valence-corrected chi connectivity index (χ3v) is 5.94. The summed E-state index contributed by atoms with van der Waals surface area (Å²) < 4.78 is 60.5. The molecule has 2 atom stereocenters. The third-order valence-electron chi connectivity index (χ3n) is 2.63. The molecule has 21 heavy (non-hydrogen) atoms. The number of carbonyl (C=O) groups excluding carboxylic acids is 1. The highest BCUT2D eigenvalue weighted by Gasteiger charge is 2.44. The second-order valence-corrected chi connectivity index (χ2v) is 7.76. The lowest BCUT2D eigenvalue weighted by Crippen LogP contribution is -2.33. The zero-order valence-corrected chi connectivity index (χ0v) is 12.5. The van der Waals surface area contributed by atoms with Gasteiger partial charge in [0.15, 0.2) is 0 Å². The first kappa shape index (κ1) is 15.9. The van der Waals surface area contributed by atoms with E-state index in [1.165, 1.54) is 12.1 Å². The van der Waals surface area contributed by atoms with Gasteiger partial charge >= 0.3 is 5.97 Å². The SMILES string of the molecule is COC(=O)C1OS(=O)(=O)CS(=O)(=O)OC1c1ccccc1. The summed E-state index contributed by atoms with van der Waals surface area (Å²) in [6.07, 6.45) is -3.18. The molecule has 2 unspecified atom stereocenters. The molecule has 0 radical (unpaired) electrons. The largest absolute Gasteiger partial charge is 0.467 e. The summed E-state index contributed by atoms with van der Waals surface area (Å²) in [4.78, 5) is 11.7. The van der Waals surface area contributed by atoms with Crippen LogP contribution < -0.4 is 0 Å². The van der Waals surface area contributed by atoms with Gasteiger partial charge in [-0.05, 0) is 5.56 Å². The Morgan fingerprint density at radius 2 is 1.67 bits per heavy atom. The quantitative estimate of drug-likeness (QED) is 0.545. The van der Waals surface area contributed by atoms with Gasteiger partial charge in [0.05, 0.1) is 7.11 Å². The molecule has 2 rings (SSSR count). The molecule has 0 aliphatic carbocycles. The molecule has 1 aliphatic heterocycles. The Labute approximate surface area is 121 Å².